The number of fused-ring (bicyclic) bond motifs is 4. The van der Waals surface area contributed by atoms with E-state index in [1.54, 1.807) is 0 Å². The van der Waals surface area contributed by atoms with E-state index in [-0.39, 0.29) is 0 Å². The first-order chi connectivity index (χ1) is 25.2. The molecule has 0 N–H and O–H groups in total. The van der Waals surface area contributed by atoms with Gasteiger partial charge in [0.25, 0.3) is 0 Å². The van der Waals surface area contributed by atoms with E-state index in [1.807, 2.05) is 0 Å². The predicted octanol–water partition coefficient (Wildman–Crippen LogP) is 13.7. The van der Waals surface area contributed by atoms with Crippen molar-refractivity contribution in [1.29, 1.82) is 0 Å². The molecule has 0 aliphatic rings. The van der Waals surface area contributed by atoms with Gasteiger partial charge in [-0.3, -0.25) is 0 Å². The van der Waals surface area contributed by atoms with Gasteiger partial charge < -0.3 is 9.80 Å². The maximum absolute atomic E-state index is 2.37. The standard InChI is InChI=1S/C49H36N2/c1-50(49-34-40-15-6-7-17-44(40)46-19-9-10-20-47(46)49)41-28-22-37(23-29-41)38-26-32-43(33-27-38)51(48-21-11-16-39-14-5-8-18-45(39)48)42-30-24-36(25-31-42)35-12-3-2-4-13-35/h2-34H,1H3. The molecular weight excluding hydrogens is 617 g/mol. The molecule has 0 aromatic heterocycles. The van der Waals surface area contributed by atoms with Crippen LogP contribution >= 0.6 is 0 Å². The van der Waals surface area contributed by atoms with Gasteiger partial charge in [0.1, 0.15) is 0 Å². The smallest absolute Gasteiger partial charge is 0.0540 e. The van der Waals surface area contributed by atoms with Gasteiger partial charge in [-0.05, 0) is 92.3 Å². The normalized spacial score (nSPS) is 11.2. The molecule has 0 spiro atoms. The molecule has 51 heavy (non-hydrogen) atoms. The summed E-state index contributed by atoms with van der Waals surface area (Å²) < 4.78 is 0. The van der Waals surface area contributed by atoms with Crippen LogP contribution in [0.25, 0.3) is 54.6 Å². The zero-order valence-electron chi connectivity index (χ0n) is 28.4. The van der Waals surface area contributed by atoms with Crippen LogP contribution in [0.4, 0.5) is 28.4 Å². The summed E-state index contributed by atoms with van der Waals surface area (Å²) in [5, 5.41) is 7.50. The first kappa shape index (κ1) is 30.4. The van der Waals surface area contributed by atoms with E-state index in [0.717, 1.165) is 22.7 Å². The predicted molar refractivity (Wildman–Crippen MR) is 219 cm³/mol. The Hall–Kier alpha value is -6.64. The molecule has 0 heterocycles. The first-order valence-corrected chi connectivity index (χ1v) is 17.5. The van der Waals surface area contributed by atoms with Gasteiger partial charge in [0, 0.05) is 40.6 Å². The molecule has 0 atom stereocenters. The Bertz CT molecular complexity index is 2620. The van der Waals surface area contributed by atoms with Crippen LogP contribution in [0, 0.1) is 0 Å². The van der Waals surface area contributed by atoms with Crippen molar-refractivity contribution in [2.45, 2.75) is 0 Å². The lowest BCUT2D eigenvalue weighted by atomic mass is 9.99. The third-order valence-electron chi connectivity index (χ3n) is 10.1. The topological polar surface area (TPSA) is 6.48 Å². The largest absolute Gasteiger partial charge is 0.344 e. The number of anilines is 5. The van der Waals surface area contributed by atoms with Crippen molar-refractivity contribution in [3.63, 3.8) is 0 Å². The van der Waals surface area contributed by atoms with E-state index >= 15 is 0 Å². The molecule has 9 aromatic carbocycles. The molecule has 9 rings (SSSR count). The zero-order chi connectivity index (χ0) is 34.1. The fourth-order valence-corrected chi connectivity index (χ4v) is 7.40. The minimum absolute atomic E-state index is 1.11. The van der Waals surface area contributed by atoms with Gasteiger partial charge in [-0.25, -0.2) is 0 Å². The number of rotatable bonds is 7. The summed E-state index contributed by atoms with van der Waals surface area (Å²) in [6, 6.07) is 72.1. The average Bonchev–Trinajstić information content (AvgIpc) is 3.21. The molecule has 9 aromatic rings. The Morgan fingerprint density at radius 1 is 0.294 bits per heavy atom. The van der Waals surface area contributed by atoms with E-state index < -0.39 is 0 Å². The van der Waals surface area contributed by atoms with Crippen LogP contribution in [0.5, 0.6) is 0 Å². The van der Waals surface area contributed by atoms with Crippen LogP contribution in [-0.2, 0) is 0 Å². The molecule has 0 bridgehead atoms. The summed E-state index contributed by atoms with van der Waals surface area (Å²) >= 11 is 0. The van der Waals surface area contributed by atoms with Gasteiger partial charge >= 0.3 is 0 Å². The molecule has 0 unspecified atom stereocenters. The van der Waals surface area contributed by atoms with Crippen LogP contribution in [0.2, 0.25) is 0 Å². The molecule has 0 saturated heterocycles. The Kier molecular flexibility index (Phi) is 7.75. The van der Waals surface area contributed by atoms with E-state index in [9.17, 15) is 0 Å². The van der Waals surface area contributed by atoms with Crippen molar-refractivity contribution in [2.75, 3.05) is 16.8 Å². The lowest BCUT2D eigenvalue weighted by molar-refractivity contribution is 1.22. The van der Waals surface area contributed by atoms with E-state index in [0.29, 0.717) is 0 Å². The summed E-state index contributed by atoms with van der Waals surface area (Å²) in [6.07, 6.45) is 0. The fraction of sp³-hybridized carbons (Fsp3) is 0.0204. The Balaban J connectivity index is 1.05. The number of benzene rings is 9. The molecule has 0 fully saturated rings. The summed E-state index contributed by atoms with van der Waals surface area (Å²) in [7, 11) is 2.16. The molecule has 0 saturated carbocycles. The first-order valence-electron chi connectivity index (χ1n) is 17.5. The van der Waals surface area contributed by atoms with Crippen molar-refractivity contribution >= 4 is 60.8 Å². The second-order valence-electron chi connectivity index (χ2n) is 13.1. The van der Waals surface area contributed by atoms with Crippen molar-refractivity contribution in [2.24, 2.45) is 0 Å². The second kappa shape index (κ2) is 13.0. The minimum Gasteiger partial charge on any atom is -0.344 e. The minimum atomic E-state index is 1.11. The van der Waals surface area contributed by atoms with E-state index in [2.05, 4.69) is 217 Å². The molecular formula is C49H36N2. The average molecular weight is 653 g/mol. The maximum atomic E-state index is 2.37. The van der Waals surface area contributed by atoms with Crippen LogP contribution < -0.4 is 9.80 Å². The molecule has 242 valence electrons. The highest BCUT2D eigenvalue weighted by molar-refractivity contribution is 6.13. The Labute approximate surface area is 299 Å². The molecule has 0 radical (unpaired) electrons. The third kappa shape index (κ3) is 5.67. The molecule has 0 amide bonds. The highest BCUT2D eigenvalue weighted by Crippen LogP contribution is 2.41. The quantitative estimate of drug-likeness (QED) is 0.158. The van der Waals surface area contributed by atoms with Crippen LogP contribution in [0.15, 0.2) is 200 Å². The van der Waals surface area contributed by atoms with Gasteiger partial charge in [-0.15, -0.1) is 0 Å². The van der Waals surface area contributed by atoms with Crippen molar-refractivity contribution < 1.29 is 0 Å². The third-order valence-corrected chi connectivity index (χ3v) is 10.1. The second-order valence-corrected chi connectivity index (χ2v) is 13.1. The monoisotopic (exact) mass is 652 g/mol. The van der Waals surface area contributed by atoms with E-state index in [4.69, 9.17) is 0 Å². The zero-order valence-corrected chi connectivity index (χ0v) is 28.4. The molecule has 0 aliphatic carbocycles. The highest BCUT2D eigenvalue weighted by Gasteiger charge is 2.16. The van der Waals surface area contributed by atoms with Crippen molar-refractivity contribution in [1.82, 2.24) is 0 Å². The van der Waals surface area contributed by atoms with Gasteiger partial charge in [0.05, 0.1) is 5.69 Å². The number of hydrogen-bond donors (Lipinski definition) is 0. The molecule has 2 nitrogen and oxygen atoms in total. The van der Waals surface area contributed by atoms with Gasteiger partial charge in [-0.2, -0.15) is 0 Å². The maximum Gasteiger partial charge on any atom is 0.0540 e. The van der Waals surface area contributed by atoms with Crippen molar-refractivity contribution in [3.05, 3.63) is 200 Å². The number of hydrogen-bond acceptors (Lipinski definition) is 2. The summed E-state index contributed by atoms with van der Waals surface area (Å²) in [5.41, 5.74) is 10.5. The summed E-state index contributed by atoms with van der Waals surface area (Å²) in [6.45, 7) is 0. The highest BCUT2D eigenvalue weighted by atomic mass is 15.1. The van der Waals surface area contributed by atoms with Crippen molar-refractivity contribution in [3.8, 4) is 22.3 Å². The van der Waals surface area contributed by atoms with Crippen LogP contribution in [0.1, 0.15) is 0 Å². The fourth-order valence-electron chi connectivity index (χ4n) is 7.40. The molecule has 0 aliphatic heterocycles. The van der Waals surface area contributed by atoms with E-state index in [1.165, 1.54) is 60.3 Å². The SMILES string of the molecule is CN(c1ccc(-c2ccc(N(c3ccc(-c4ccccc4)cc3)c3cccc4ccccc34)cc2)cc1)c1cc2ccccc2c2ccccc12. The lowest BCUT2D eigenvalue weighted by Crippen LogP contribution is -2.10. The van der Waals surface area contributed by atoms with Gasteiger partial charge in [0.15, 0.2) is 0 Å². The number of nitrogens with zero attached hydrogens (tertiary/aromatic N) is 2. The van der Waals surface area contributed by atoms with Crippen LogP contribution in [0.3, 0.4) is 0 Å². The Morgan fingerprint density at radius 2 is 0.745 bits per heavy atom. The van der Waals surface area contributed by atoms with Gasteiger partial charge in [-0.1, -0.05) is 152 Å². The summed E-state index contributed by atoms with van der Waals surface area (Å²) in [4.78, 5) is 4.67. The lowest BCUT2D eigenvalue weighted by Gasteiger charge is -2.27. The van der Waals surface area contributed by atoms with Gasteiger partial charge in [0.2, 0.25) is 0 Å². The summed E-state index contributed by atoms with van der Waals surface area (Å²) in [5.74, 6) is 0. The van der Waals surface area contributed by atoms with Crippen LogP contribution in [-0.4, -0.2) is 7.05 Å². The Morgan fingerprint density at radius 3 is 1.37 bits per heavy atom. The molecule has 2 heteroatoms.